The number of nitrogens with one attached hydrogen (secondary N) is 1. The van der Waals surface area contributed by atoms with Crippen molar-refractivity contribution in [3.8, 4) is 11.5 Å². The van der Waals surface area contributed by atoms with Crippen molar-refractivity contribution >= 4 is 0 Å². The van der Waals surface area contributed by atoms with Gasteiger partial charge in [0.25, 0.3) is 0 Å². The molecule has 1 atom stereocenters. The third-order valence-electron chi connectivity index (χ3n) is 3.38. The number of hydrogen-bond acceptors (Lipinski definition) is 4. The fourth-order valence-electron chi connectivity index (χ4n) is 2.41. The Hall–Kier alpha value is -2.01. The Morgan fingerprint density at radius 1 is 1.24 bits per heavy atom. The molecule has 0 spiro atoms. The predicted octanol–water partition coefficient (Wildman–Crippen LogP) is 2.53. The quantitative estimate of drug-likeness (QED) is 0.851. The third-order valence-corrected chi connectivity index (χ3v) is 3.38. The van der Waals surface area contributed by atoms with E-state index in [1.54, 1.807) is 13.3 Å². The molecule has 2 rings (SSSR count). The van der Waals surface area contributed by atoms with E-state index in [0.717, 1.165) is 29.3 Å². The molecule has 1 unspecified atom stereocenters. The lowest BCUT2D eigenvalue weighted by atomic mass is 10.0. The van der Waals surface area contributed by atoms with Gasteiger partial charge >= 0.3 is 0 Å². The van der Waals surface area contributed by atoms with E-state index in [2.05, 4.69) is 29.5 Å². The van der Waals surface area contributed by atoms with Gasteiger partial charge in [0.2, 0.25) is 0 Å². The van der Waals surface area contributed by atoms with Gasteiger partial charge in [-0.1, -0.05) is 19.1 Å². The Morgan fingerprint density at radius 3 is 2.52 bits per heavy atom. The normalized spacial score (nSPS) is 12.2. The van der Waals surface area contributed by atoms with Crippen LogP contribution in [-0.4, -0.2) is 30.0 Å². The van der Waals surface area contributed by atoms with Gasteiger partial charge in [0.1, 0.15) is 11.4 Å². The van der Waals surface area contributed by atoms with Crippen LogP contribution >= 0.6 is 0 Å². The van der Waals surface area contributed by atoms with Gasteiger partial charge in [-0.25, -0.2) is 0 Å². The fraction of sp³-hybridized carbons (Fsp3) is 0.438. The van der Waals surface area contributed by atoms with Crippen molar-refractivity contribution in [3.05, 3.63) is 41.7 Å². The van der Waals surface area contributed by atoms with Crippen molar-refractivity contribution in [2.24, 2.45) is 7.05 Å². The first kappa shape index (κ1) is 15.4. The van der Waals surface area contributed by atoms with Crippen molar-refractivity contribution in [3.63, 3.8) is 0 Å². The highest BCUT2D eigenvalue weighted by Gasteiger charge is 2.21. The molecule has 21 heavy (non-hydrogen) atoms. The number of ether oxygens (including phenoxy) is 2. The van der Waals surface area contributed by atoms with Gasteiger partial charge in [0, 0.05) is 7.05 Å². The zero-order valence-corrected chi connectivity index (χ0v) is 13.1. The average Bonchev–Trinajstić information content (AvgIpc) is 2.87. The summed E-state index contributed by atoms with van der Waals surface area (Å²) in [5.41, 5.74) is 2.17. The molecule has 1 aromatic heterocycles. The first-order valence-electron chi connectivity index (χ1n) is 7.23. The van der Waals surface area contributed by atoms with Crippen LogP contribution in [0, 0.1) is 0 Å². The highest BCUT2D eigenvalue weighted by molar-refractivity contribution is 5.38. The minimum absolute atomic E-state index is 0.0353. The maximum atomic E-state index is 5.50. The van der Waals surface area contributed by atoms with Crippen LogP contribution in [0.25, 0.3) is 0 Å². The van der Waals surface area contributed by atoms with Crippen LogP contribution in [-0.2, 0) is 7.05 Å². The Bertz CT molecular complexity index is 563. The fourth-order valence-corrected chi connectivity index (χ4v) is 2.41. The molecular weight excluding hydrogens is 266 g/mol. The number of hydrogen-bond donors (Lipinski definition) is 1. The monoisotopic (exact) mass is 289 g/mol. The third kappa shape index (κ3) is 3.36. The topological polar surface area (TPSA) is 48.3 Å². The smallest absolute Gasteiger partial charge is 0.161 e. The summed E-state index contributed by atoms with van der Waals surface area (Å²) in [7, 11) is 3.60. The summed E-state index contributed by atoms with van der Waals surface area (Å²) in [6.07, 6.45) is 1.74. The van der Waals surface area contributed by atoms with Crippen molar-refractivity contribution in [1.29, 1.82) is 0 Å². The minimum atomic E-state index is 0.0353. The second-order valence-corrected chi connectivity index (χ2v) is 4.71. The van der Waals surface area contributed by atoms with Gasteiger partial charge < -0.3 is 14.8 Å². The predicted molar refractivity (Wildman–Crippen MR) is 82.9 cm³/mol. The maximum absolute atomic E-state index is 5.50. The second kappa shape index (κ2) is 7.13. The van der Waals surface area contributed by atoms with Crippen LogP contribution in [0.1, 0.15) is 31.1 Å². The van der Waals surface area contributed by atoms with Gasteiger partial charge in [-0.3, -0.25) is 4.68 Å². The van der Waals surface area contributed by atoms with Gasteiger partial charge in [0.15, 0.2) is 5.75 Å². The van der Waals surface area contributed by atoms with E-state index >= 15 is 0 Å². The molecule has 2 aromatic rings. The summed E-state index contributed by atoms with van der Waals surface area (Å²) < 4.78 is 12.8. The molecule has 0 aliphatic carbocycles. The molecule has 1 heterocycles. The molecule has 0 saturated carbocycles. The van der Waals surface area contributed by atoms with E-state index in [0.29, 0.717) is 6.61 Å². The number of aryl methyl sites for hydroxylation is 1. The Balaban J connectivity index is 2.36. The van der Waals surface area contributed by atoms with Crippen LogP contribution in [0.3, 0.4) is 0 Å². The first-order valence-corrected chi connectivity index (χ1v) is 7.23. The minimum Gasteiger partial charge on any atom is -0.494 e. The SMILES string of the molecule is CCNC(c1ccc(OCC)cc1)c1c(OC)cnn1C. The lowest BCUT2D eigenvalue weighted by Crippen LogP contribution is -2.24. The van der Waals surface area contributed by atoms with E-state index in [1.807, 2.05) is 30.8 Å². The lowest BCUT2D eigenvalue weighted by molar-refractivity contribution is 0.340. The summed E-state index contributed by atoms with van der Waals surface area (Å²) in [6.45, 7) is 5.60. The number of rotatable bonds is 7. The summed E-state index contributed by atoms with van der Waals surface area (Å²) >= 11 is 0. The maximum Gasteiger partial charge on any atom is 0.161 e. The Labute approximate surface area is 125 Å². The molecule has 0 saturated heterocycles. The van der Waals surface area contributed by atoms with Gasteiger partial charge in [-0.2, -0.15) is 5.10 Å². The molecule has 1 N–H and O–H groups in total. The van der Waals surface area contributed by atoms with Crippen molar-refractivity contribution in [1.82, 2.24) is 15.1 Å². The van der Waals surface area contributed by atoms with Crippen LogP contribution in [0.4, 0.5) is 0 Å². The lowest BCUT2D eigenvalue weighted by Gasteiger charge is -2.20. The van der Waals surface area contributed by atoms with Crippen LogP contribution in [0.15, 0.2) is 30.5 Å². The second-order valence-electron chi connectivity index (χ2n) is 4.71. The van der Waals surface area contributed by atoms with Crippen molar-refractivity contribution in [2.75, 3.05) is 20.3 Å². The van der Waals surface area contributed by atoms with Crippen molar-refractivity contribution in [2.45, 2.75) is 19.9 Å². The molecule has 0 fully saturated rings. The van der Waals surface area contributed by atoms with Crippen LogP contribution in [0.5, 0.6) is 11.5 Å². The highest BCUT2D eigenvalue weighted by Crippen LogP contribution is 2.30. The van der Waals surface area contributed by atoms with Gasteiger partial charge in [0.05, 0.1) is 26.0 Å². The van der Waals surface area contributed by atoms with Crippen molar-refractivity contribution < 1.29 is 9.47 Å². The molecule has 0 radical (unpaired) electrons. The van der Waals surface area contributed by atoms with E-state index in [-0.39, 0.29) is 6.04 Å². The van der Waals surface area contributed by atoms with E-state index in [1.165, 1.54) is 0 Å². The molecule has 5 nitrogen and oxygen atoms in total. The van der Waals surface area contributed by atoms with E-state index < -0.39 is 0 Å². The van der Waals surface area contributed by atoms with E-state index in [9.17, 15) is 0 Å². The highest BCUT2D eigenvalue weighted by atomic mass is 16.5. The first-order chi connectivity index (χ1) is 10.2. The zero-order chi connectivity index (χ0) is 15.2. The van der Waals surface area contributed by atoms with Crippen LogP contribution < -0.4 is 14.8 Å². The van der Waals surface area contributed by atoms with Crippen LogP contribution in [0.2, 0.25) is 0 Å². The Kier molecular flexibility index (Phi) is 5.22. The van der Waals surface area contributed by atoms with E-state index in [4.69, 9.17) is 9.47 Å². The standard InChI is InChI=1S/C16H23N3O2/c1-5-17-15(16-14(20-4)11-18-19(16)3)12-7-9-13(10-8-12)21-6-2/h7-11,15,17H,5-6H2,1-4H3. The molecule has 1 aromatic carbocycles. The number of methoxy groups -OCH3 is 1. The zero-order valence-electron chi connectivity index (χ0n) is 13.1. The molecule has 5 heteroatoms. The van der Waals surface area contributed by atoms with Gasteiger partial charge in [-0.15, -0.1) is 0 Å². The van der Waals surface area contributed by atoms with Gasteiger partial charge in [-0.05, 0) is 31.2 Å². The number of aromatic nitrogens is 2. The summed E-state index contributed by atoms with van der Waals surface area (Å²) in [5.74, 6) is 1.67. The summed E-state index contributed by atoms with van der Waals surface area (Å²) in [4.78, 5) is 0. The average molecular weight is 289 g/mol. The molecule has 0 bridgehead atoms. The summed E-state index contributed by atoms with van der Waals surface area (Å²) in [6, 6.07) is 8.17. The number of nitrogens with zero attached hydrogens (tertiary/aromatic N) is 2. The largest absolute Gasteiger partial charge is 0.494 e. The number of benzene rings is 1. The molecular formula is C16H23N3O2. The molecule has 0 aliphatic rings. The Morgan fingerprint density at radius 2 is 1.95 bits per heavy atom. The molecule has 114 valence electrons. The molecule has 0 amide bonds. The molecule has 0 aliphatic heterocycles. The summed E-state index contributed by atoms with van der Waals surface area (Å²) in [5, 5.41) is 7.78.